The second kappa shape index (κ2) is 6.53. The third-order valence-electron chi connectivity index (χ3n) is 3.44. The number of aromatic nitrogens is 2. The van der Waals surface area contributed by atoms with Crippen molar-refractivity contribution in [3.8, 4) is 0 Å². The highest BCUT2D eigenvalue weighted by molar-refractivity contribution is 5.26. The van der Waals surface area contributed by atoms with Gasteiger partial charge in [0, 0.05) is 25.7 Å². The van der Waals surface area contributed by atoms with Crippen LogP contribution in [-0.2, 0) is 19.9 Å². The van der Waals surface area contributed by atoms with Crippen LogP contribution in [0.4, 0.5) is 0 Å². The Morgan fingerprint density at radius 1 is 1.21 bits per heavy atom. The fraction of sp³-hybridized carbons (Fsp3) is 0.438. The van der Waals surface area contributed by atoms with Gasteiger partial charge in [0.25, 0.3) is 0 Å². The number of aryl methyl sites for hydroxylation is 2. The number of hydrogen-bond donors (Lipinski definition) is 1. The van der Waals surface area contributed by atoms with Gasteiger partial charge in [-0.05, 0) is 37.1 Å². The van der Waals surface area contributed by atoms with E-state index in [1.807, 2.05) is 17.9 Å². The lowest BCUT2D eigenvalue weighted by molar-refractivity contribution is 0.512. The third kappa shape index (κ3) is 3.93. The molecule has 3 nitrogen and oxygen atoms in total. The largest absolute Gasteiger partial charge is 0.314 e. The van der Waals surface area contributed by atoms with Crippen LogP contribution in [-0.4, -0.2) is 22.4 Å². The molecule has 0 aliphatic carbocycles. The van der Waals surface area contributed by atoms with Crippen LogP contribution >= 0.6 is 0 Å². The predicted octanol–water partition coefficient (Wildman–Crippen LogP) is 2.49. The Hall–Kier alpha value is -1.61. The van der Waals surface area contributed by atoms with Gasteiger partial charge in [0.2, 0.25) is 0 Å². The van der Waals surface area contributed by atoms with Gasteiger partial charge in [-0.3, -0.25) is 4.68 Å². The number of nitrogens with one attached hydrogen (secondary N) is 1. The van der Waals surface area contributed by atoms with Crippen molar-refractivity contribution in [1.29, 1.82) is 0 Å². The van der Waals surface area contributed by atoms with E-state index in [1.165, 1.54) is 11.1 Å². The first-order valence-corrected chi connectivity index (χ1v) is 6.95. The fourth-order valence-electron chi connectivity index (χ4n) is 2.43. The minimum atomic E-state index is 0.445. The average molecular weight is 257 g/mol. The van der Waals surface area contributed by atoms with Crippen molar-refractivity contribution in [1.82, 2.24) is 15.1 Å². The maximum atomic E-state index is 4.47. The zero-order valence-electron chi connectivity index (χ0n) is 12.1. The molecular formula is C16H23N3. The molecule has 2 rings (SSSR count). The van der Waals surface area contributed by atoms with E-state index in [1.54, 1.807) is 0 Å². The van der Waals surface area contributed by atoms with Gasteiger partial charge in [-0.2, -0.15) is 5.10 Å². The Labute approximate surface area is 115 Å². The summed E-state index contributed by atoms with van der Waals surface area (Å²) in [5, 5.41) is 8.04. The number of hydrogen-bond acceptors (Lipinski definition) is 2. The van der Waals surface area contributed by atoms with Crippen molar-refractivity contribution in [2.45, 2.75) is 32.7 Å². The Bertz CT molecular complexity index is 516. The van der Waals surface area contributed by atoms with Crippen molar-refractivity contribution >= 4 is 0 Å². The van der Waals surface area contributed by atoms with Gasteiger partial charge < -0.3 is 5.32 Å². The lowest BCUT2D eigenvalue weighted by Crippen LogP contribution is -2.33. The third-order valence-corrected chi connectivity index (χ3v) is 3.44. The normalized spacial score (nSPS) is 12.6. The van der Waals surface area contributed by atoms with Gasteiger partial charge in [0.15, 0.2) is 0 Å². The summed E-state index contributed by atoms with van der Waals surface area (Å²) in [5.74, 6) is 0. The Balaban J connectivity index is 2.06. The van der Waals surface area contributed by atoms with Crippen molar-refractivity contribution in [2.24, 2.45) is 7.05 Å². The number of benzene rings is 1. The van der Waals surface area contributed by atoms with Gasteiger partial charge in [0.1, 0.15) is 0 Å². The van der Waals surface area contributed by atoms with Crippen LogP contribution in [0.15, 0.2) is 36.5 Å². The Kier molecular flexibility index (Phi) is 4.74. The molecule has 1 aromatic heterocycles. The monoisotopic (exact) mass is 257 g/mol. The van der Waals surface area contributed by atoms with E-state index in [9.17, 15) is 0 Å². The average Bonchev–Trinajstić information content (AvgIpc) is 2.78. The molecule has 3 heteroatoms. The summed E-state index contributed by atoms with van der Waals surface area (Å²) in [5.41, 5.74) is 3.94. The molecule has 0 aliphatic heterocycles. The van der Waals surface area contributed by atoms with E-state index < -0.39 is 0 Å². The molecule has 0 fully saturated rings. The van der Waals surface area contributed by atoms with Crippen LogP contribution in [0.2, 0.25) is 0 Å². The van der Waals surface area contributed by atoms with E-state index in [4.69, 9.17) is 0 Å². The minimum Gasteiger partial charge on any atom is -0.314 e. The van der Waals surface area contributed by atoms with Crippen molar-refractivity contribution in [3.05, 3.63) is 53.3 Å². The summed E-state index contributed by atoms with van der Waals surface area (Å²) >= 11 is 0. The van der Waals surface area contributed by atoms with Crippen LogP contribution in [0, 0.1) is 6.92 Å². The summed E-state index contributed by atoms with van der Waals surface area (Å²) in [6, 6.07) is 11.2. The molecule has 1 N–H and O–H groups in total. The highest BCUT2D eigenvalue weighted by Crippen LogP contribution is 2.12. The molecule has 19 heavy (non-hydrogen) atoms. The summed E-state index contributed by atoms with van der Waals surface area (Å²) in [7, 11) is 1.97. The molecule has 1 heterocycles. The molecular weight excluding hydrogens is 234 g/mol. The van der Waals surface area contributed by atoms with E-state index in [2.05, 4.69) is 54.6 Å². The molecule has 0 aliphatic rings. The van der Waals surface area contributed by atoms with E-state index >= 15 is 0 Å². The number of rotatable bonds is 6. The maximum Gasteiger partial charge on any atom is 0.0640 e. The van der Waals surface area contributed by atoms with Crippen molar-refractivity contribution in [2.75, 3.05) is 6.54 Å². The fourth-order valence-corrected chi connectivity index (χ4v) is 2.43. The highest BCUT2D eigenvalue weighted by Gasteiger charge is 2.12. The topological polar surface area (TPSA) is 29.9 Å². The molecule has 102 valence electrons. The predicted molar refractivity (Wildman–Crippen MR) is 79.3 cm³/mol. The molecule has 0 bridgehead atoms. The highest BCUT2D eigenvalue weighted by atomic mass is 15.2. The zero-order valence-corrected chi connectivity index (χ0v) is 12.1. The summed E-state index contributed by atoms with van der Waals surface area (Å²) in [6.07, 6.45) is 4.03. The standard InChI is InChI=1S/C16H23N3/c1-4-17-16(12-15-9-10-19(3)18-15)11-14-8-6-5-7-13(14)2/h5-10,16-17H,4,11-12H2,1-3H3. The molecule has 1 aromatic carbocycles. The molecule has 0 saturated carbocycles. The molecule has 1 atom stereocenters. The van der Waals surface area contributed by atoms with E-state index in [0.717, 1.165) is 25.1 Å². The van der Waals surface area contributed by atoms with Gasteiger partial charge in [0.05, 0.1) is 5.69 Å². The molecule has 0 radical (unpaired) electrons. The zero-order chi connectivity index (χ0) is 13.7. The quantitative estimate of drug-likeness (QED) is 0.861. The molecule has 1 unspecified atom stereocenters. The molecule has 2 aromatic rings. The van der Waals surface area contributed by atoms with Gasteiger partial charge in [-0.1, -0.05) is 31.2 Å². The summed E-state index contributed by atoms with van der Waals surface area (Å²) < 4.78 is 1.87. The van der Waals surface area contributed by atoms with Crippen molar-refractivity contribution < 1.29 is 0 Å². The first kappa shape index (κ1) is 13.8. The van der Waals surface area contributed by atoms with Gasteiger partial charge in [-0.25, -0.2) is 0 Å². The number of likely N-dealkylation sites (N-methyl/N-ethyl adjacent to an activating group) is 1. The first-order valence-electron chi connectivity index (χ1n) is 6.95. The molecule has 0 amide bonds. The summed E-state index contributed by atoms with van der Waals surface area (Å²) in [4.78, 5) is 0. The Morgan fingerprint density at radius 2 is 2.00 bits per heavy atom. The van der Waals surface area contributed by atoms with Crippen LogP contribution in [0.25, 0.3) is 0 Å². The van der Waals surface area contributed by atoms with Crippen molar-refractivity contribution in [3.63, 3.8) is 0 Å². The van der Waals surface area contributed by atoms with E-state index in [0.29, 0.717) is 6.04 Å². The SMILES string of the molecule is CCNC(Cc1ccn(C)n1)Cc1ccccc1C. The molecule has 0 spiro atoms. The maximum absolute atomic E-state index is 4.47. The Morgan fingerprint density at radius 3 is 2.63 bits per heavy atom. The first-order chi connectivity index (χ1) is 9.19. The smallest absolute Gasteiger partial charge is 0.0640 e. The van der Waals surface area contributed by atoms with Crippen LogP contribution in [0.5, 0.6) is 0 Å². The number of nitrogens with zero attached hydrogens (tertiary/aromatic N) is 2. The van der Waals surface area contributed by atoms with Crippen LogP contribution < -0.4 is 5.32 Å². The minimum absolute atomic E-state index is 0.445. The lowest BCUT2D eigenvalue weighted by atomic mass is 9.98. The van der Waals surface area contributed by atoms with E-state index in [-0.39, 0.29) is 0 Å². The van der Waals surface area contributed by atoms with Gasteiger partial charge in [-0.15, -0.1) is 0 Å². The lowest BCUT2D eigenvalue weighted by Gasteiger charge is -2.18. The van der Waals surface area contributed by atoms with Gasteiger partial charge >= 0.3 is 0 Å². The van der Waals surface area contributed by atoms with Crippen LogP contribution in [0.3, 0.4) is 0 Å². The van der Waals surface area contributed by atoms with Crippen LogP contribution in [0.1, 0.15) is 23.7 Å². The summed E-state index contributed by atoms with van der Waals surface area (Å²) in [6.45, 7) is 5.33. The second-order valence-corrected chi connectivity index (χ2v) is 5.07. The second-order valence-electron chi connectivity index (χ2n) is 5.07. The molecule has 0 saturated heterocycles.